The Balaban J connectivity index is 1.13. The first-order valence-electron chi connectivity index (χ1n) is 13.4. The van der Waals surface area contributed by atoms with E-state index in [9.17, 15) is 14.4 Å². The van der Waals surface area contributed by atoms with Crippen LogP contribution < -0.4 is 10.1 Å². The Bertz CT molecular complexity index is 1450. The number of ether oxygens (including phenoxy) is 1. The monoisotopic (exact) mass is 538 g/mol. The maximum Gasteiger partial charge on any atom is 0.248 e. The van der Waals surface area contributed by atoms with Crippen LogP contribution in [-0.2, 0) is 20.8 Å². The molecule has 8 rings (SSSR count). The van der Waals surface area contributed by atoms with E-state index in [0.29, 0.717) is 34.0 Å². The lowest BCUT2D eigenvalue weighted by atomic mass is 9.63. The summed E-state index contributed by atoms with van der Waals surface area (Å²) in [5, 5.41) is 3.44. The van der Waals surface area contributed by atoms with Crippen LogP contribution in [0.2, 0.25) is 5.02 Å². The minimum Gasteiger partial charge on any atom is -0.456 e. The third-order valence-corrected chi connectivity index (χ3v) is 9.08. The van der Waals surface area contributed by atoms with Crippen LogP contribution in [0.4, 0.5) is 5.69 Å². The van der Waals surface area contributed by atoms with Gasteiger partial charge in [-0.15, -0.1) is 0 Å². The van der Waals surface area contributed by atoms with Crippen molar-refractivity contribution < 1.29 is 19.1 Å². The van der Waals surface area contributed by atoms with Gasteiger partial charge >= 0.3 is 0 Å². The van der Waals surface area contributed by atoms with Crippen molar-refractivity contribution >= 4 is 35.0 Å². The second-order valence-electron chi connectivity index (χ2n) is 11.0. The zero-order valence-corrected chi connectivity index (χ0v) is 21.8. The fraction of sp³-hybridized carbons (Fsp3) is 0.281. The molecule has 1 heterocycles. The van der Waals surface area contributed by atoms with Gasteiger partial charge in [0.25, 0.3) is 0 Å². The van der Waals surface area contributed by atoms with Crippen LogP contribution in [0.25, 0.3) is 0 Å². The molecule has 1 aliphatic heterocycles. The van der Waals surface area contributed by atoms with Gasteiger partial charge in [-0.2, -0.15) is 0 Å². The van der Waals surface area contributed by atoms with Crippen LogP contribution in [0.1, 0.15) is 12.0 Å². The molecule has 3 aromatic carbocycles. The highest BCUT2D eigenvalue weighted by atomic mass is 35.5. The minimum atomic E-state index is -0.937. The summed E-state index contributed by atoms with van der Waals surface area (Å²) in [5.74, 6) is 0.858. The first kappa shape index (κ1) is 24.2. The van der Waals surface area contributed by atoms with Gasteiger partial charge in [0, 0.05) is 12.1 Å². The summed E-state index contributed by atoms with van der Waals surface area (Å²) in [6, 6.07) is 22.7. The number of nitrogens with one attached hydrogen (secondary N) is 1. The molecule has 196 valence electrons. The number of hydrogen-bond donors (Lipinski definition) is 1. The number of imide groups is 1. The lowest BCUT2D eigenvalue weighted by molar-refractivity contribution is -0.146. The van der Waals surface area contributed by atoms with Crippen molar-refractivity contribution in [2.45, 2.75) is 18.9 Å². The van der Waals surface area contributed by atoms with E-state index in [2.05, 4.69) is 17.5 Å². The van der Waals surface area contributed by atoms with E-state index in [-0.39, 0.29) is 47.8 Å². The van der Waals surface area contributed by atoms with Crippen molar-refractivity contribution in [1.82, 2.24) is 4.90 Å². The lowest BCUT2D eigenvalue weighted by Crippen LogP contribution is -2.49. The van der Waals surface area contributed by atoms with Crippen molar-refractivity contribution in [2.24, 2.45) is 35.5 Å². The summed E-state index contributed by atoms with van der Waals surface area (Å²) in [7, 11) is 0. The van der Waals surface area contributed by atoms with E-state index >= 15 is 0 Å². The summed E-state index contributed by atoms with van der Waals surface area (Å²) in [4.78, 5) is 42.6. The molecule has 3 amide bonds. The quantitative estimate of drug-likeness (QED) is 0.308. The van der Waals surface area contributed by atoms with E-state index < -0.39 is 6.04 Å². The van der Waals surface area contributed by atoms with Gasteiger partial charge in [-0.05, 0) is 72.1 Å². The van der Waals surface area contributed by atoms with E-state index in [1.807, 2.05) is 42.5 Å². The van der Waals surface area contributed by atoms with Gasteiger partial charge in [-0.25, -0.2) is 0 Å². The first-order valence-corrected chi connectivity index (χ1v) is 13.8. The SMILES string of the molecule is O=C(Nc1ccc(Oc2ccccc2Cl)cc1)[C@H](Cc1ccccc1)N1C(=O)[C@H]2[C@@H]3C=C[C@H]([C@H]4C[C@H]34)[C@@H]2C1=O. The molecule has 2 saturated carbocycles. The van der Waals surface area contributed by atoms with Gasteiger partial charge in [0.1, 0.15) is 17.5 Å². The smallest absolute Gasteiger partial charge is 0.248 e. The molecule has 0 aromatic heterocycles. The van der Waals surface area contributed by atoms with Crippen molar-refractivity contribution in [1.29, 1.82) is 0 Å². The maximum atomic E-state index is 13.8. The lowest BCUT2D eigenvalue weighted by Gasteiger charge is -2.37. The Morgan fingerprint density at radius 3 is 2.13 bits per heavy atom. The standard InChI is InChI=1S/C32H27ClN2O4/c33-25-8-4-5-9-27(25)39-20-12-10-19(11-13-20)34-30(36)26(16-18-6-2-1-3-7-18)35-31(37)28-21-14-15-22(24-17-23(21)24)29(28)32(35)38/h1-15,21-24,26,28-29H,16-17H2,(H,34,36)/t21-,22-,23-,24-,26+,28+,29+/m1/s1. The highest BCUT2D eigenvalue weighted by Crippen LogP contribution is 2.65. The van der Waals surface area contributed by atoms with Gasteiger partial charge in [0.15, 0.2) is 0 Å². The zero-order chi connectivity index (χ0) is 26.7. The molecule has 6 nitrogen and oxygen atoms in total. The molecule has 3 fully saturated rings. The maximum absolute atomic E-state index is 13.8. The molecule has 7 heteroatoms. The molecular weight excluding hydrogens is 512 g/mol. The number of amides is 3. The Morgan fingerprint density at radius 1 is 0.872 bits per heavy atom. The zero-order valence-electron chi connectivity index (χ0n) is 21.1. The molecule has 4 aliphatic carbocycles. The Labute approximate surface area is 231 Å². The number of nitrogens with zero attached hydrogens (tertiary/aromatic N) is 1. The predicted molar refractivity (Wildman–Crippen MR) is 147 cm³/mol. The Hall–Kier alpha value is -3.90. The Morgan fingerprint density at radius 2 is 1.49 bits per heavy atom. The van der Waals surface area contributed by atoms with Gasteiger partial charge in [-0.1, -0.05) is 66.2 Å². The number of likely N-dealkylation sites (tertiary alicyclic amines) is 1. The molecule has 1 N–H and O–H groups in total. The molecule has 39 heavy (non-hydrogen) atoms. The molecule has 2 bridgehead atoms. The number of halogens is 1. The number of para-hydroxylation sites is 1. The predicted octanol–water partition coefficient (Wildman–Crippen LogP) is 5.74. The normalized spacial score (nSPS) is 28.6. The van der Waals surface area contributed by atoms with Crippen molar-refractivity contribution in [2.75, 3.05) is 5.32 Å². The summed E-state index contributed by atoms with van der Waals surface area (Å²) in [6.07, 6.45) is 5.65. The molecule has 0 unspecified atom stereocenters. The Kier molecular flexibility index (Phi) is 5.81. The number of carbonyl (C=O) groups is 3. The third-order valence-electron chi connectivity index (χ3n) is 8.77. The molecule has 1 saturated heterocycles. The molecular formula is C32H27ClN2O4. The highest BCUT2D eigenvalue weighted by Gasteiger charge is 2.67. The van der Waals surface area contributed by atoms with Crippen LogP contribution in [0.5, 0.6) is 11.5 Å². The fourth-order valence-electron chi connectivity index (χ4n) is 6.91. The van der Waals surface area contributed by atoms with Crippen molar-refractivity contribution in [3.8, 4) is 11.5 Å². The van der Waals surface area contributed by atoms with Gasteiger partial charge in [0.05, 0.1) is 16.9 Å². The van der Waals surface area contributed by atoms with E-state index in [1.54, 1.807) is 36.4 Å². The molecule has 0 radical (unpaired) electrons. The topological polar surface area (TPSA) is 75.7 Å². The molecule has 0 spiro atoms. The van der Waals surface area contributed by atoms with Crippen LogP contribution in [0, 0.1) is 35.5 Å². The highest BCUT2D eigenvalue weighted by molar-refractivity contribution is 6.32. The summed E-state index contributed by atoms with van der Waals surface area (Å²) >= 11 is 6.19. The number of carbonyl (C=O) groups excluding carboxylic acids is 3. The van der Waals surface area contributed by atoms with Gasteiger partial charge < -0.3 is 10.1 Å². The second-order valence-corrected chi connectivity index (χ2v) is 11.4. The van der Waals surface area contributed by atoms with Crippen LogP contribution in [0.15, 0.2) is 91.0 Å². The summed E-state index contributed by atoms with van der Waals surface area (Å²) in [5.41, 5.74) is 1.43. The van der Waals surface area contributed by atoms with E-state index in [1.165, 1.54) is 4.90 Å². The summed E-state index contributed by atoms with van der Waals surface area (Å²) < 4.78 is 5.85. The fourth-order valence-corrected chi connectivity index (χ4v) is 7.09. The third kappa shape index (κ3) is 4.14. The molecule has 5 aliphatic rings. The van der Waals surface area contributed by atoms with Crippen LogP contribution >= 0.6 is 11.6 Å². The number of rotatable bonds is 7. The van der Waals surface area contributed by atoms with Crippen molar-refractivity contribution in [3.05, 3.63) is 102 Å². The van der Waals surface area contributed by atoms with Crippen LogP contribution in [-0.4, -0.2) is 28.7 Å². The van der Waals surface area contributed by atoms with Crippen LogP contribution in [0.3, 0.4) is 0 Å². The number of benzene rings is 3. The first-order chi connectivity index (χ1) is 19.0. The number of anilines is 1. The largest absolute Gasteiger partial charge is 0.456 e. The average molecular weight is 539 g/mol. The van der Waals surface area contributed by atoms with E-state index in [4.69, 9.17) is 16.3 Å². The average Bonchev–Trinajstić information content (AvgIpc) is 3.73. The summed E-state index contributed by atoms with van der Waals surface area (Å²) in [6.45, 7) is 0. The van der Waals surface area contributed by atoms with Gasteiger partial charge in [-0.3, -0.25) is 19.3 Å². The minimum absolute atomic E-state index is 0.109. The second kappa shape index (κ2) is 9.38. The molecule has 7 atom stereocenters. The molecule has 3 aromatic rings. The van der Waals surface area contributed by atoms with Gasteiger partial charge in [0.2, 0.25) is 17.7 Å². The number of hydrogen-bond acceptors (Lipinski definition) is 4. The number of allylic oxidation sites excluding steroid dienone is 2. The van der Waals surface area contributed by atoms with E-state index in [0.717, 1.165) is 12.0 Å². The van der Waals surface area contributed by atoms with Crippen molar-refractivity contribution in [3.63, 3.8) is 0 Å².